The minimum absolute atomic E-state index is 0. The van der Waals surface area contributed by atoms with Gasteiger partial charge < -0.3 is 12.4 Å². The average molecular weight is 1390 g/mol. The van der Waals surface area contributed by atoms with Gasteiger partial charge in [-0.1, -0.05) is 200 Å². The first kappa shape index (κ1) is 71.3. The molecule has 12 aliphatic rings. The van der Waals surface area contributed by atoms with Crippen LogP contribution in [0, 0.1) is 126 Å². The summed E-state index contributed by atoms with van der Waals surface area (Å²) in [6.45, 7) is 5.45. The van der Waals surface area contributed by atoms with Crippen LogP contribution in [-0.4, -0.2) is 56.6 Å². The van der Waals surface area contributed by atoms with Crippen LogP contribution >= 0.6 is 31.7 Å². The molecule has 0 aromatic heterocycles. The third-order valence-corrected chi connectivity index (χ3v) is 35.9. The molecule has 12 fully saturated rings. The van der Waals surface area contributed by atoms with Gasteiger partial charge in [-0.2, -0.15) is 0 Å². The van der Waals surface area contributed by atoms with E-state index in [4.69, 9.17) is 0 Å². The molecule has 0 nitrogen and oxygen atoms in total. The maximum atomic E-state index is 2.73. The zero-order valence-electron chi connectivity index (χ0n) is 50.1. The van der Waals surface area contributed by atoms with Crippen LogP contribution in [0.2, 0.25) is 0 Å². The van der Waals surface area contributed by atoms with Gasteiger partial charge in [0.1, 0.15) is 0 Å². The predicted octanol–water partition coefficient (Wildman–Crippen LogP) is 19.8. The Morgan fingerprint density at radius 3 is 0.633 bits per heavy atom. The number of hydrogen-bond donors (Lipinski definition) is 0. The van der Waals surface area contributed by atoms with Crippen LogP contribution in [0.25, 0.3) is 0 Å². The van der Waals surface area contributed by atoms with Gasteiger partial charge in [-0.15, -0.1) is 0 Å². The van der Waals surface area contributed by atoms with Gasteiger partial charge in [0.2, 0.25) is 0 Å². The van der Waals surface area contributed by atoms with E-state index < -0.39 is 0 Å². The molecule has 0 bridgehead atoms. The quantitative estimate of drug-likeness (QED) is 0.120. The smallest absolute Gasteiger partial charge is 1.00 e. The van der Waals surface area contributed by atoms with Gasteiger partial charge in [-0.05, 0) is 274 Å². The Kier molecular flexibility index (Phi) is 36.9. The van der Waals surface area contributed by atoms with E-state index in [0.717, 1.165) is 56.6 Å². The molecule has 2 atom stereocenters. The summed E-state index contributed by atoms with van der Waals surface area (Å²) in [5.74, 6) is 3.75. The molecule has 0 aromatic rings. The zero-order valence-corrected chi connectivity index (χ0v) is 57.7. The Morgan fingerprint density at radius 1 is 0.266 bits per heavy atom. The van der Waals surface area contributed by atoms with Crippen molar-refractivity contribution in [3.63, 3.8) is 0 Å². The summed E-state index contributed by atoms with van der Waals surface area (Å²) >= 11 is 0. The Hall–Kier alpha value is 3.27. The number of rotatable bonds is 14. The van der Waals surface area contributed by atoms with Gasteiger partial charge in [0.05, 0.1) is 0 Å². The van der Waals surface area contributed by atoms with Crippen molar-refractivity contribution < 1.29 is 51.9 Å². The monoisotopic (exact) mass is 1390 g/mol. The summed E-state index contributed by atoms with van der Waals surface area (Å²) in [5, 5.41) is 0. The SMILES string of the molecule is CC([C]1[CH][CH][CH][C]1P(C1CCCCC1)C1CCCCC1)P(C1CCCCC1)C1CCCCC1.CC([C]1[CH][CH][CH][C]1P(C1CCCCC1)C1CCCCC1)P(C1CCCCC1)C1CCCCC1.[Au+3].[CH]1[CH][CH][CH][CH]1.[CH]1[CH][CH][CH][CH]1.[Cl-].[Fe+2]. The molecule has 0 amide bonds. The summed E-state index contributed by atoms with van der Waals surface area (Å²) < 4.78 is 0. The predicted molar refractivity (Wildman–Crippen MR) is 343 cm³/mol. The average Bonchev–Trinajstić information content (AvgIpc) is 4.40. The van der Waals surface area contributed by atoms with Gasteiger partial charge in [-0.3, -0.25) is 0 Å². The van der Waals surface area contributed by atoms with Crippen LogP contribution in [-0.2, 0) is 39.4 Å². The minimum atomic E-state index is 0. The molecule has 2 unspecified atom stereocenters. The van der Waals surface area contributed by atoms with Crippen LogP contribution in [0.4, 0.5) is 0 Å². The molecule has 0 aromatic carbocycles. The second-order valence-corrected chi connectivity index (χ2v) is 37.8. The third-order valence-electron chi connectivity index (χ3n) is 21.0. The fraction of sp³-hybridized carbons (Fsp3) is 0.722. The van der Waals surface area contributed by atoms with Crippen LogP contribution in [0.3, 0.4) is 0 Å². The number of halogens is 1. The molecule has 12 aliphatic carbocycles. The molecule has 0 N–H and O–H groups in total. The van der Waals surface area contributed by atoms with Crippen LogP contribution < -0.4 is 12.4 Å². The summed E-state index contributed by atoms with van der Waals surface area (Å²) in [4.78, 5) is 0. The standard InChI is InChI=1S/2C31H51P2.2C5H5.Au.ClH.Fe/c2*1-25(32(26-15-6-2-7-16-26)27-17-8-3-9-18-27)30-23-14-24-31(30)33(28-19-10-4-11-20-28)29-21-12-5-13-22-29;2*1-2-4-5-3-1;;;/h2*14,23-29H,2-13,15-22H2,1H3;2*1-5H;;1H;/q;;;;+3;;+2/p-1. The van der Waals surface area contributed by atoms with Crippen molar-refractivity contribution in [3.05, 3.63) is 126 Å². The molecular weight excluding hydrogens is 1280 g/mol. The summed E-state index contributed by atoms with van der Waals surface area (Å²) in [6, 6.07) is 0. The zero-order chi connectivity index (χ0) is 52.0. The maximum Gasteiger partial charge on any atom is 3.00 e. The van der Waals surface area contributed by atoms with Crippen LogP contribution in [0.5, 0.6) is 0 Å². The second kappa shape index (κ2) is 40.8. The fourth-order valence-electron chi connectivity index (χ4n) is 17.2. The van der Waals surface area contributed by atoms with Gasteiger partial charge in [-0.25, -0.2) is 0 Å². The van der Waals surface area contributed by atoms with Gasteiger partial charge in [0, 0.05) is 11.3 Å². The Morgan fingerprint density at radius 2 is 0.443 bits per heavy atom. The van der Waals surface area contributed by atoms with Gasteiger partial charge >= 0.3 is 39.4 Å². The largest absolute Gasteiger partial charge is 3.00 e. The third kappa shape index (κ3) is 21.7. The Bertz CT molecular complexity index is 1280. The van der Waals surface area contributed by atoms with Crippen molar-refractivity contribution in [2.24, 2.45) is 0 Å². The van der Waals surface area contributed by atoms with Crippen molar-refractivity contribution in [3.8, 4) is 0 Å². The normalized spacial score (nSPS) is 28.0. The van der Waals surface area contributed by atoms with Crippen molar-refractivity contribution >= 4 is 31.7 Å². The number of hydrogen-bond acceptors (Lipinski definition) is 0. The molecule has 12 saturated carbocycles. The van der Waals surface area contributed by atoms with Gasteiger partial charge in [0.25, 0.3) is 0 Å². The van der Waals surface area contributed by atoms with E-state index in [1.807, 2.05) is 87.4 Å². The molecule has 79 heavy (non-hydrogen) atoms. The van der Waals surface area contributed by atoms with Crippen molar-refractivity contribution in [1.29, 1.82) is 0 Å². The van der Waals surface area contributed by atoms with E-state index >= 15 is 0 Å². The molecular formula is C72H112AuClFeP4+4. The van der Waals surface area contributed by atoms with Crippen molar-refractivity contribution in [2.75, 3.05) is 0 Å². The van der Waals surface area contributed by atoms with E-state index in [0.29, 0.717) is 0 Å². The Labute approximate surface area is 532 Å². The molecule has 12 rings (SSSR count). The molecule has 0 heterocycles. The molecule has 20 radical (unpaired) electrons. The summed E-state index contributed by atoms with van der Waals surface area (Å²) in [6.07, 6.45) is 96.7. The fourth-order valence-corrected chi connectivity index (χ4v) is 34.2. The van der Waals surface area contributed by atoms with Crippen LogP contribution in [0.15, 0.2) is 0 Å². The van der Waals surface area contributed by atoms with E-state index in [-0.39, 0.29) is 83.5 Å². The minimum Gasteiger partial charge on any atom is -1.00 e. The van der Waals surface area contributed by atoms with Gasteiger partial charge in [0.15, 0.2) is 0 Å². The van der Waals surface area contributed by atoms with Crippen molar-refractivity contribution in [2.45, 2.75) is 327 Å². The molecule has 0 aliphatic heterocycles. The van der Waals surface area contributed by atoms with Crippen LogP contribution in [0.1, 0.15) is 271 Å². The molecule has 442 valence electrons. The molecule has 0 saturated heterocycles. The maximum absolute atomic E-state index is 2.73. The molecule has 0 spiro atoms. The van der Waals surface area contributed by atoms with E-state index in [1.54, 1.807) is 103 Å². The second-order valence-electron chi connectivity index (χ2n) is 26.1. The summed E-state index contributed by atoms with van der Waals surface area (Å²) in [7, 11) is 0.336. The van der Waals surface area contributed by atoms with E-state index in [9.17, 15) is 0 Å². The van der Waals surface area contributed by atoms with Crippen molar-refractivity contribution in [1.82, 2.24) is 0 Å². The Balaban J connectivity index is 0.000000209. The first-order chi connectivity index (χ1) is 37.7. The first-order valence-corrected chi connectivity index (χ1v) is 39.7. The first-order valence-electron chi connectivity index (χ1n) is 33.6. The summed E-state index contributed by atoms with van der Waals surface area (Å²) in [5.41, 5.74) is 14.0. The van der Waals surface area contributed by atoms with E-state index in [1.165, 1.54) is 154 Å². The topological polar surface area (TPSA) is 0 Å². The van der Waals surface area contributed by atoms with E-state index in [2.05, 4.69) is 52.4 Å². The molecule has 7 heteroatoms.